The number of aromatic nitrogens is 4. The topological polar surface area (TPSA) is 172 Å². The third kappa shape index (κ3) is 10.0. The molecule has 0 spiro atoms. The van der Waals surface area contributed by atoms with Crippen molar-refractivity contribution in [3.8, 4) is 22.6 Å². The normalized spacial score (nSPS) is 17.0. The van der Waals surface area contributed by atoms with Crippen molar-refractivity contribution in [1.82, 2.24) is 19.5 Å². The highest BCUT2D eigenvalue weighted by atomic mass is 19.3. The van der Waals surface area contributed by atoms with Crippen LogP contribution >= 0.6 is 0 Å². The molecule has 1 fully saturated rings. The third-order valence-corrected chi connectivity index (χ3v) is 8.77. The van der Waals surface area contributed by atoms with Gasteiger partial charge in [0.1, 0.15) is 11.6 Å². The molecule has 1 aliphatic carbocycles. The van der Waals surface area contributed by atoms with Crippen molar-refractivity contribution in [3.05, 3.63) is 88.5 Å². The van der Waals surface area contributed by atoms with Gasteiger partial charge in [-0.1, -0.05) is 26.0 Å². The molecule has 0 radical (unpaired) electrons. The molecule has 3 aromatic heterocycles. The van der Waals surface area contributed by atoms with Gasteiger partial charge in [0.05, 0.1) is 42.9 Å². The number of pyridine rings is 2. The molecule has 5 rings (SSSR count). The molecule has 0 aliphatic heterocycles. The van der Waals surface area contributed by atoms with Gasteiger partial charge in [-0.05, 0) is 79.8 Å². The first-order valence-electron chi connectivity index (χ1n) is 16.7. The molecule has 4 atom stereocenters. The lowest BCUT2D eigenvalue weighted by Crippen LogP contribution is -2.27. The Kier molecular flexibility index (Phi) is 12.3. The Morgan fingerprint density at radius 2 is 1.67 bits per heavy atom. The highest BCUT2D eigenvalue weighted by Gasteiger charge is 2.26. The van der Waals surface area contributed by atoms with Crippen LogP contribution in [0.1, 0.15) is 69.4 Å². The number of carboxylic acids is 1. The first-order chi connectivity index (χ1) is 24.4. The molecule has 51 heavy (non-hydrogen) atoms. The molecule has 5 N–H and O–H groups in total. The number of rotatable bonds is 16. The van der Waals surface area contributed by atoms with Gasteiger partial charge < -0.3 is 30.7 Å². The van der Waals surface area contributed by atoms with Crippen LogP contribution in [0.3, 0.4) is 0 Å². The molecule has 4 aromatic rings. The second-order valence-corrected chi connectivity index (χ2v) is 13.0. The van der Waals surface area contributed by atoms with Crippen LogP contribution in [0.4, 0.5) is 24.9 Å². The Labute approximate surface area is 292 Å². The van der Waals surface area contributed by atoms with E-state index in [9.17, 15) is 33.0 Å². The molecule has 1 aliphatic rings. The van der Waals surface area contributed by atoms with E-state index in [2.05, 4.69) is 30.3 Å². The van der Waals surface area contributed by atoms with E-state index in [1.165, 1.54) is 29.1 Å². The Morgan fingerprint density at radius 1 is 0.980 bits per heavy atom. The van der Waals surface area contributed by atoms with E-state index in [4.69, 9.17) is 5.11 Å². The lowest BCUT2D eigenvalue weighted by Gasteiger charge is -2.22. The number of aliphatic hydroxyl groups excluding tert-OH is 2. The minimum Gasteiger partial charge on any atom is -0.481 e. The van der Waals surface area contributed by atoms with Crippen LogP contribution in [-0.2, 0) is 11.2 Å². The monoisotopic (exact) mass is 710 g/mol. The maximum Gasteiger partial charge on any atom is 0.387 e. The van der Waals surface area contributed by atoms with Crippen LogP contribution in [0.5, 0.6) is 5.75 Å². The summed E-state index contributed by atoms with van der Waals surface area (Å²) in [7, 11) is 0. The predicted molar refractivity (Wildman–Crippen MR) is 184 cm³/mol. The number of halogens is 3. The number of alkyl halides is 2. The van der Waals surface area contributed by atoms with Crippen molar-refractivity contribution in [1.29, 1.82) is 0 Å². The number of carboxylic acid groups (broad SMARTS) is 1. The number of anilines is 2. The summed E-state index contributed by atoms with van der Waals surface area (Å²) < 4.78 is 44.5. The minimum atomic E-state index is -2.95. The van der Waals surface area contributed by atoms with Gasteiger partial charge in [0.15, 0.2) is 5.75 Å². The molecule has 0 amide bonds. The van der Waals surface area contributed by atoms with Gasteiger partial charge in [0.2, 0.25) is 5.95 Å². The van der Waals surface area contributed by atoms with E-state index < -0.39 is 37.0 Å². The van der Waals surface area contributed by atoms with Crippen LogP contribution in [0, 0.1) is 5.82 Å². The number of aliphatic carboxylic acids is 1. The SMILES string of the molecule is CC(C)c1c(CC[C@@H](O)C[C@@H](O)CC(=O)O)c(-c2ccc(F)cc2)cn(-c2ccc(N[C@H]3CC[C@H](Nc4ncc(OC(F)F)cn4)C3)nc2)c1=O. The molecular formula is C36H41F3N6O6. The van der Waals surface area contributed by atoms with Gasteiger partial charge in [-0.25, -0.2) is 19.3 Å². The fourth-order valence-corrected chi connectivity index (χ4v) is 6.44. The Morgan fingerprint density at radius 3 is 2.27 bits per heavy atom. The van der Waals surface area contributed by atoms with E-state index in [1.54, 1.807) is 36.7 Å². The Bertz CT molecular complexity index is 1820. The van der Waals surface area contributed by atoms with E-state index in [0.717, 1.165) is 19.3 Å². The average Bonchev–Trinajstić information content (AvgIpc) is 3.51. The summed E-state index contributed by atoms with van der Waals surface area (Å²) in [5, 5.41) is 36.2. The zero-order valence-electron chi connectivity index (χ0n) is 28.2. The van der Waals surface area contributed by atoms with E-state index >= 15 is 0 Å². The number of nitrogens with zero attached hydrogens (tertiary/aromatic N) is 4. The lowest BCUT2D eigenvalue weighted by molar-refractivity contribution is -0.139. The number of benzene rings is 1. The van der Waals surface area contributed by atoms with E-state index in [1.807, 2.05) is 13.8 Å². The quantitative estimate of drug-likeness (QED) is 0.0992. The van der Waals surface area contributed by atoms with Crippen LogP contribution < -0.4 is 20.9 Å². The maximum atomic E-state index is 14.1. The zero-order valence-corrected chi connectivity index (χ0v) is 28.2. The third-order valence-electron chi connectivity index (χ3n) is 8.77. The maximum absolute atomic E-state index is 14.1. The average molecular weight is 711 g/mol. The molecular weight excluding hydrogens is 669 g/mol. The molecule has 0 bridgehead atoms. The van der Waals surface area contributed by atoms with E-state index in [0.29, 0.717) is 39.7 Å². The highest BCUT2D eigenvalue weighted by molar-refractivity contribution is 5.69. The van der Waals surface area contributed by atoms with Crippen molar-refractivity contribution < 1.29 is 38.0 Å². The first-order valence-corrected chi connectivity index (χ1v) is 16.7. The van der Waals surface area contributed by atoms with E-state index in [-0.39, 0.29) is 48.6 Å². The molecule has 272 valence electrons. The second kappa shape index (κ2) is 16.8. The summed E-state index contributed by atoms with van der Waals surface area (Å²) in [6.45, 7) is 0.835. The van der Waals surface area contributed by atoms with Crippen molar-refractivity contribution in [2.75, 3.05) is 10.6 Å². The largest absolute Gasteiger partial charge is 0.481 e. The fraction of sp³-hybridized carbons (Fsp3) is 0.417. The lowest BCUT2D eigenvalue weighted by atomic mass is 9.88. The number of hydrogen-bond acceptors (Lipinski definition) is 10. The van der Waals surface area contributed by atoms with Crippen LogP contribution in [0.15, 0.2) is 66.0 Å². The summed E-state index contributed by atoms with van der Waals surface area (Å²) in [6.07, 6.45) is 5.65. The van der Waals surface area contributed by atoms with Gasteiger partial charge in [-0.15, -0.1) is 0 Å². The van der Waals surface area contributed by atoms with Gasteiger partial charge in [0.25, 0.3) is 5.56 Å². The minimum absolute atomic E-state index is 0.0518. The van der Waals surface area contributed by atoms with Gasteiger partial charge in [0, 0.05) is 29.4 Å². The summed E-state index contributed by atoms with van der Waals surface area (Å²) in [5.41, 5.74) is 2.78. The number of carbonyl (C=O) groups is 1. The van der Waals surface area contributed by atoms with Crippen LogP contribution in [0.2, 0.25) is 0 Å². The molecule has 15 heteroatoms. The molecule has 12 nitrogen and oxygen atoms in total. The summed E-state index contributed by atoms with van der Waals surface area (Å²) in [6, 6.07) is 9.62. The molecule has 0 saturated heterocycles. The molecule has 0 unspecified atom stereocenters. The second-order valence-electron chi connectivity index (χ2n) is 13.0. The van der Waals surface area contributed by atoms with Crippen molar-refractivity contribution in [3.63, 3.8) is 0 Å². The number of aliphatic hydroxyl groups is 2. The number of hydrogen-bond donors (Lipinski definition) is 5. The number of ether oxygens (including phenoxy) is 1. The highest BCUT2D eigenvalue weighted by Crippen LogP contribution is 2.32. The van der Waals surface area contributed by atoms with Gasteiger partial charge in [-0.2, -0.15) is 8.78 Å². The Balaban J connectivity index is 1.33. The van der Waals surface area contributed by atoms with Crippen molar-refractivity contribution >= 4 is 17.7 Å². The number of nitrogens with one attached hydrogen (secondary N) is 2. The van der Waals surface area contributed by atoms with Gasteiger partial charge >= 0.3 is 12.6 Å². The first kappa shape index (κ1) is 37.2. The molecule has 1 saturated carbocycles. The zero-order chi connectivity index (χ0) is 36.7. The molecule has 1 aromatic carbocycles. The summed E-state index contributed by atoms with van der Waals surface area (Å²) in [4.78, 5) is 37.7. The van der Waals surface area contributed by atoms with Crippen molar-refractivity contribution in [2.24, 2.45) is 0 Å². The summed E-state index contributed by atoms with van der Waals surface area (Å²) in [5.74, 6) is -0.999. The van der Waals surface area contributed by atoms with Gasteiger partial charge in [-0.3, -0.25) is 14.2 Å². The Hall–Kier alpha value is -5.02. The fourth-order valence-electron chi connectivity index (χ4n) is 6.44. The van der Waals surface area contributed by atoms with Crippen molar-refractivity contribution in [2.45, 2.75) is 95.6 Å². The van der Waals surface area contributed by atoms with Crippen LogP contribution in [0.25, 0.3) is 16.8 Å². The predicted octanol–water partition coefficient (Wildman–Crippen LogP) is 5.52. The standard InChI is InChI=1S/C36H41F3N6O6/c1-20(2)33-29(11-10-26(46)14-27(47)15-32(48)49)30(21-3-5-22(37)6-4-21)19-45(34(33)50)25-9-12-31(40-16-25)43-23-7-8-24(13-23)44-36-41-17-28(18-42-36)51-35(38)39/h3-6,9,12,16-20,23-24,26-27,35,46-47H,7-8,10-11,13-15H2,1-2H3,(H,40,43)(H,48,49)(H,41,42,44)/t23-,24-,26+,27+/m0/s1. The summed E-state index contributed by atoms with van der Waals surface area (Å²) >= 11 is 0. The van der Waals surface area contributed by atoms with Crippen LogP contribution in [-0.4, -0.2) is 71.7 Å². The molecule has 3 heterocycles. The smallest absolute Gasteiger partial charge is 0.387 e.